The van der Waals surface area contributed by atoms with Crippen molar-refractivity contribution in [3.8, 4) is 10.7 Å². The number of anilines is 2. The molecule has 31 heavy (non-hydrogen) atoms. The third-order valence-corrected chi connectivity index (χ3v) is 5.59. The summed E-state index contributed by atoms with van der Waals surface area (Å²) in [5.41, 5.74) is 3.60. The highest BCUT2D eigenvalue weighted by Crippen LogP contribution is 2.30. The minimum atomic E-state index is -0.304. The molecule has 0 aliphatic carbocycles. The molecule has 0 unspecified atom stereocenters. The molecule has 0 aliphatic heterocycles. The first kappa shape index (κ1) is 20.8. The molecule has 2 aromatic heterocycles. The van der Waals surface area contributed by atoms with Crippen molar-refractivity contribution in [3.05, 3.63) is 65.7 Å². The molecule has 8 heteroatoms. The van der Waals surface area contributed by atoms with Crippen LogP contribution in [0.15, 0.2) is 60.0 Å². The average Bonchev–Trinajstić information content (AvgIpc) is 3.37. The molecule has 0 saturated heterocycles. The third-order valence-electron chi connectivity index (χ3n) is 4.73. The molecule has 2 aromatic carbocycles. The van der Waals surface area contributed by atoms with E-state index in [1.165, 1.54) is 18.3 Å². The van der Waals surface area contributed by atoms with Crippen LogP contribution in [0.1, 0.15) is 17.4 Å². The van der Waals surface area contributed by atoms with E-state index in [2.05, 4.69) is 38.4 Å². The third kappa shape index (κ3) is 4.65. The van der Waals surface area contributed by atoms with Gasteiger partial charge in [-0.15, -0.1) is 11.3 Å². The van der Waals surface area contributed by atoms with E-state index in [4.69, 9.17) is 4.74 Å². The van der Waals surface area contributed by atoms with Crippen molar-refractivity contribution in [2.45, 2.75) is 13.5 Å². The number of nitrogens with zero attached hydrogens (tertiary/aromatic N) is 2. The highest BCUT2D eigenvalue weighted by Gasteiger charge is 2.17. The summed E-state index contributed by atoms with van der Waals surface area (Å²) in [7, 11) is 1.68. The van der Waals surface area contributed by atoms with E-state index in [1.54, 1.807) is 36.8 Å². The van der Waals surface area contributed by atoms with Gasteiger partial charge in [0.05, 0.1) is 12.3 Å². The number of hydrogen-bond acceptors (Lipinski definition) is 5. The summed E-state index contributed by atoms with van der Waals surface area (Å²) in [6, 6.07) is 17.2. The number of fused-ring (bicyclic) bond motifs is 1. The van der Waals surface area contributed by atoms with Crippen LogP contribution in [0.2, 0.25) is 0 Å². The summed E-state index contributed by atoms with van der Waals surface area (Å²) in [6.07, 6.45) is 0. The van der Waals surface area contributed by atoms with Crippen molar-refractivity contribution in [3.63, 3.8) is 0 Å². The SMILES string of the molecule is COCCn1c(-c2nc(C(=O)Nc3cccc(NC(C)=O)c3)cs2)cc2ccccc21. The summed E-state index contributed by atoms with van der Waals surface area (Å²) in [4.78, 5) is 28.6. The standard InChI is InChI=1S/C23H22N4O3S/c1-15(28)24-17-7-5-8-18(13-17)25-22(29)19-14-31-23(26-19)21-12-16-6-3-4-9-20(16)27(21)10-11-30-2/h3-9,12-14H,10-11H2,1-2H3,(H,24,28)(H,25,29). The van der Waals surface area contributed by atoms with Crippen LogP contribution in [0.5, 0.6) is 0 Å². The van der Waals surface area contributed by atoms with Gasteiger partial charge >= 0.3 is 0 Å². The zero-order chi connectivity index (χ0) is 21.8. The van der Waals surface area contributed by atoms with Crippen LogP contribution >= 0.6 is 11.3 Å². The highest BCUT2D eigenvalue weighted by molar-refractivity contribution is 7.13. The fraction of sp³-hybridized carbons (Fsp3) is 0.174. The maximum absolute atomic E-state index is 12.7. The Kier molecular flexibility index (Phi) is 6.11. The van der Waals surface area contributed by atoms with Crippen LogP contribution in [0.4, 0.5) is 11.4 Å². The van der Waals surface area contributed by atoms with E-state index in [0.29, 0.717) is 30.2 Å². The van der Waals surface area contributed by atoms with Gasteiger partial charge in [0.2, 0.25) is 5.91 Å². The van der Waals surface area contributed by atoms with Gasteiger partial charge in [-0.3, -0.25) is 9.59 Å². The van der Waals surface area contributed by atoms with E-state index < -0.39 is 0 Å². The largest absolute Gasteiger partial charge is 0.383 e. The first-order chi connectivity index (χ1) is 15.0. The lowest BCUT2D eigenvalue weighted by Crippen LogP contribution is -2.13. The highest BCUT2D eigenvalue weighted by atomic mass is 32.1. The average molecular weight is 435 g/mol. The lowest BCUT2D eigenvalue weighted by atomic mass is 10.2. The summed E-state index contributed by atoms with van der Waals surface area (Å²) < 4.78 is 7.43. The Morgan fingerprint density at radius 1 is 1.06 bits per heavy atom. The molecule has 2 amide bonds. The fourth-order valence-corrected chi connectivity index (χ4v) is 4.20. The molecule has 0 bridgehead atoms. The van der Waals surface area contributed by atoms with E-state index in [0.717, 1.165) is 21.6 Å². The second-order valence-electron chi connectivity index (χ2n) is 6.99. The second kappa shape index (κ2) is 9.11. The van der Waals surface area contributed by atoms with E-state index in [-0.39, 0.29) is 11.8 Å². The maximum Gasteiger partial charge on any atom is 0.275 e. The normalized spacial score (nSPS) is 10.9. The maximum atomic E-state index is 12.7. The number of carbonyl (C=O) groups is 2. The van der Waals surface area contributed by atoms with Gasteiger partial charge in [-0.1, -0.05) is 24.3 Å². The number of benzene rings is 2. The van der Waals surface area contributed by atoms with Crippen LogP contribution in [0, 0.1) is 0 Å². The minimum absolute atomic E-state index is 0.170. The zero-order valence-electron chi connectivity index (χ0n) is 17.2. The number of thiazole rings is 1. The summed E-state index contributed by atoms with van der Waals surface area (Å²) in [5.74, 6) is -0.474. The summed E-state index contributed by atoms with van der Waals surface area (Å²) in [6.45, 7) is 2.71. The predicted molar refractivity (Wildman–Crippen MR) is 124 cm³/mol. The molecule has 158 valence electrons. The Labute approximate surface area is 183 Å². The molecular weight excluding hydrogens is 412 g/mol. The Bertz CT molecular complexity index is 1240. The smallest absolute Gasteiger partial charge is 0.275 e. The summed E-state index contributed by atoms with van der Waals surface area (Å²) in [5, 5.41) is 9.18. The topological polar surface area (TPSA) is 85.2 Å². The Hall–Kier alpha value is -3.49. The Morgan fingerprint density at radius 3 is 2.61 bits per heavy atom. The fourth-order valence-electron chi connectivity index (χ4n) is 3.38. The second-order valence-corrected chi connectivity index (χ2v) is 7.84. The monoisotopic (exact) mass is 434 g/mol. The number of nitrogens with one attached hydrogen (secondary N) is 2. The zero-order valence-corrected chi connectivity index (χ0v) is 18.0. The van der Waals surface area contributed by atoms with Crippen LogP contribution < -0.4 is 10.6 Å². The van der Waals surface area contributed by atoms with Crippen molar-refractivity contribution in [2.24, 2.45) is 0 Å². The van der Waals surface area contributed by atoms with Crippen LogP contribution in [0.25, 0.3) is 21.6 Å². The molecule has 0 fully saturated rings. The van der Waals surface area contributed by atoms with Gasteiger partial charge in [-0.2, -0.15) is 0 Å². The lowest BCUT2D eigenvalue weighted by molar-refractivity contribution is -0.114. The molecular formula is C23H22N4O3S. The number of amides is 2. The van der Waals surface area contributed by atoms with Crippen LogP contribution in [-0.2, 0) is 16.1 Å². The molecule has 0 spiro atoms. The number of aromatic nitrogens is 2. The Balaban J connectivity index is 1.58. The van der Waals surface area contributed by atoms with Gasteiger partial charge < -0.3 is 19.9 Å². The van der Waals surface area contributed by atoms with Crippen molar-refractivity contribution in [1.29, 1.82) is 0 Å². The first-order valence-electron chi connectivity index (χ1n) is 9.77. The number of hydrogen-bond donors (Lipinski definition) is 2. The van der Waals surface area contributed by atoms with E-state index in [9.17, 15) is 9.59 Å². The molecule has 4 aromatic rings. The molecule has 0 atom stereocenters. The number of methoxy groups -OCH3 is 1. The number of ether oxygens (including phenoxy) is 1. The molecule has 0 saturated carbocycles. The number of rotatable bonds is 7. The first-order valence-corrected chi connectivity index (χ1v) is 10.7. The van der Waals surface area contributed by atoms with Gasteiger partial charge in [-0.05, 0) is 30.3 Å². The van der Waals surface area contributed by atoms with Crippen LogP contribution in [0.3, 0.4) is 0 Å². The van der Waals surface area contributed by atoms with Crippen LogP contribution in [-0.4, -0.2) is 35.1 Å². The predicted octanol–water partition coefficient (Wildman–Crippen LogP) is 4.62. The van der Waals surface area contributed by atoms with Crippen molar-refractivity contribution < 1.29 is 14.3 Å². The molecule has 0 radical (unpaired) electrons. The van der Waals surface area contributed by atoms with Crippen molar-refractivity contribution >= 4 is 45.4 Å². The molecule has 2 N–H and O–H groups in total. The minimum Gasteiger partial charge on any atom is -0.383 e. The molecule has 2 heterocycles. The molecule has 4 rings (SSSR count). The van der Waals surface area contributed by atoms with Gasteiger partial charge in [0, 0.05) is 48.2 Å². The van der Waals surface area contributed by atoms with Gasteiger partial charge in [0.15, 0.2) is 0 Å². The van der Waals surface area contributed by atoms with Gasteiger partial charge in [0.25, 0.3) is 5.91 Å². The Morgan fingerprint density at radius 2 is 1.84 bits per heavy atom. The van der Waals surface area contributed by atoms with Crippen molar-refractivity contribution in [2.75, 3.05) is 24.4 Å². The quantitative estimate of drug-likeness (QED) is 0.444. The lowest BCUT2D eigenvalue weighted by Gasteiger charge is -2.08. The van der Waals surface area contributed by atoms with Crippen molar-refractivity contribution in [1.82, 2.24) is 9.55 Å². The molecule has 7 nitrogen and oxygen atoms in total. The van der Waals surface area contributed by atoms with Gasteiger partial charge in [-0.25, -0.2) is 4.98 Å². The van der Waals surface area contributed by atoms with Gasteiger partial charge in [0.1, 0.15) is 10.7 Å². The number of para-hydroxylation sites is 1. The van der Waals surface area contributed by atoms with E-state index >= 15 is 0 Å². The summed E-state index contributed by atoms with van der Waals surface area (Å²) >= 11 is 1.43. The number of carbonyl (C=O) groups excluding carboxylic acids is 2. The molecule has 0 aliphatic rings. The van der Waals surface area contributed by atoms with E-state index in [1.807, 2.05) is 12.1 Å².